The van der Waals surface area contributed by atoms with Crippen molar-refractivity contribution in [3.8, 4) is 0 Å². The maximum Gasteiger partial charge on any atom is 0.408 e. The molecule has 2 aromatic heterocycles. The Balaban J connectivity index is 1.13. The van der Waals surface area contributed by atoms with Crippen LogP contribution in [0.25, 0.3) is 0 Å². The minimum Gasteiger partial charge on any atom is -0.385 e. The van der Waals surface area contributed by atoms with Gasteiger partial charge in [-0.3, -0.25) is 0 Å². The van der Waals surface area contributed by atoms with E-state index in [9.17, 15) is 0 Å². The number of nitrogens with one attached hydrogen (secondary N) is 1. The Bertz CT molecular complexity index is 1160. The number of rotatable bonds is 13. The van der Waals surface area contributed by atoms with Crippen LogP contribution in [0.3, 0.4) is 0 Å². The molecule has 2 aromatic carbocycles. The van der Waals surface area contributed by atoms with E-state index in [1.54, 1.807) is 22.7 Å². The molecule has 0 fully saturated rings. The molecule has 0 saturated heterocycles. The predicted molar refractivity (Wildman–Crippen MR) is 148 cm³/mol. The van der Waals surface area contributed by atoms with Gasteiger partial charge in [0.2, 0.25) is 0 Å². The van der Waals surface area contributed by atoms with E-state index in [1.165, 1.54) is 18.4 Å². The van der Waals surface area contributed by atoms with Crippen LogP contribution in [0.1, 0.15) is 38.7 Å². The molecule has 2 heterocycles. The zero-order valence-electron chi connectivity index (χ0n) is 20.9. The third-order valence-corrected chi connectivity index (χ3v) is 7.35. The molecule has 0 aliphatic heterocycles. The Hall–Kier alpha value is -3.30. The third kappa shape index (κ3) is 7.60. The monoisotopic (exact) mass is 519 g/mol. The molecular formula is C27H33N7S2+2. The molecule has 0 unspecified atom stereocenters. The minimum atomic E-state index is 0.861. The highest BCUT2D eigenvalue weighted by Gasteiger charge is 2.10. The van der Waals surface area contributed by atoms with Gasteiger partial charge in [0.25, 0.3) is 0 Å². The molecule has 0 amide bonds. The van der Waals surface area contributed by atoms with Gasteiger partial charge in [-0.25, -0.2) is 9.13 Å². The molecule has 186 valence electrons. The second kappa shape index (κ2) is 13.7. The van der Waals surface area contributed by atoms with Gasteiger partial charge in [-0.15, -0.1) is 0 Å². The number of hydrogen-bond donors (Lipinski definition) is 1. The molecule has 0 aliphatic rings. The first-order valence-corrected chi connectivity index (χ1v) is 14.2. The van der Waals surface area contributed by atoms with Crippen molar-refractivity contribution >= 4 is 50.0 Å². The summed E-state index contributed by atoms with van der Waals surface area (Å²) in [5, 5.41) is 26.9. The first-order chi connectivity index (χ1) is 17.7. The van der Waals surface area contributed by atoms with Crippen molar-refractivity contribution in [1.29, 1.82) is 0 Å². The Morgan fingerprint density at radius 3 is 1.78 bits per heavy atom. The van der Waals surface area contributed by atoms with Crippen molar-refractivity contribution in [3.63, 3.8) is 0 Å². The summed E-state index contributed by atoms with van der Waals surface area (Å²) in [6.07, 6.45) is 8.66. The topological polar surface area (TPSA) is 69.2 Å². The number of benzene rings is 2. The van der Waals surface area contributed by atoms with E-state index in [0.717, 1.165) is 59.8 Å². The lowest BCUT2D eigenvalue weighted by molar-refractivity contribution is -0.677. The normalized spacial score (nSPS) is 11.6. The van der Waals surface area contributed by atoms with Crippen LogP contribution in [0.4, 0.5) is 27.3 Å². The highest BCUT2D eigenvalue weighted by atomic mass is 32.1. The standard InChI is InChI=1S/C27H32N7S2/c1-3-33-18-20-35-26(33)31-29-24-11-9-22(10-12-24)8-6-5-7-17-28-23-13-15-25(16-14-23)30-32-27-34(4-2)19-21-36-27/h9-16,18-21H,3-8,17H2,1-2H3/q+1/p+1. The number of hydrogen-bond acceptors (Lipinski definition) is 7. The summed E-state index contributed by atoms with van der Waals surface area (Å²) in [4.78, 5) is 0. The number of nitrogens with zero attached hydrogens (tertiary/aromatic N) is 6. The largest absolute Gasteiger partial charge is 0.408 e. The van der Waals surface area contributed by atoms with Gasteiger partial charge in [0.05, 0.1) is 23.3 Å². The van der Waals surface area contributed by atoms with Gasteiger partial charge in [-0.1, -0.05) is 18.6 Å². The SMILES string of the molecule is CC[n+]1ccsc1N=Nc1ccc(CCCCCNc2ccc(N=Nc3scc[n+]3CC)cc2)cc1. The Morgan fingerprint density at radius 2 is 1.22 bits per heavy atom. The van der Waals surface area contributed by atoms with Crippen LogP contribution in [0.5, 0.6) is 0 Å². The molecule has 0 saturated carbocycles. The van der Waals surface area contributed by atoms with Crippen LogP contribution in [0, 0.1) is 0 Å². The second-order valence-electron chi connectivity index (χ2n) is 8.29. The maximum atomic E-state index is 4.38. The van der Waals surface area contributed by atoms with Gasteiger partial charge in [0.15, 0.2) is 0 Å². The van der Waals surface area contributed by atoms with Gasteiger partial charge in [-0.2, -0.15) is 0 Å². The number of aromatic nitrogens is 2. The maximum absolute atomic E-state index is 4.38. The molecule has 4 rings (SSSR count). The second-order valence-corrected chi connectivity index (χ2v) is 10.0. The van der Waals surface area contributed by atoms with Crippen LogP contribution in [0.15, 0.2) is 92.1 Å². The number of anilines is 1. The van der Waals surface area contributed by atoms with E-state index in [-0.39, 0.29) is 0 Å². The molecule has 0 aliphatic carbocycles. The smallest absolute Gasteiger partial charge is 0.385 e. The summed E-state index contributed by atoms with van der Waals surface area (Å²) >= 11 is 3.20. The van der Waals surface area contributed by atoms with Gasteiger partial charge in [0.1, 0.15) is 23.8 Å². The molecule has 4 aromatic rings. The molecule has 0 atom stereocenters. The van der Waals surface area contributed by atoms with Crippen molar-refractivity contribution in [3.05, 3.63) is 77.2 Å². The summed E-state index contributed by atoms with van der Waals surface area (Å²) in [5.74, 6) is 0. The first-order valence-electron chi connectivity index (χ1n) is 12.5. The molecule has 7 nitrogen and oxygen atoms in total. The molecular weight excluding hydrogens is 486 g/mol. The lowest BCUT2D eigenvalue weighted by atomic mass is 10.1. The van der Waals surface area contributed by atoms with Crippen LogP contribution in [0.2, 0.25) is 0 Å². The van der Waals surface area contributed by atoms with Crippen molar-refractivity contribution in [2.75, 3.05) is 11.9 Å². The van der Waals surface area contributed by atoms with E-state index < -0.39 is 0 Å². The number of azo groups is 2. The van der Waals surface area contributed by atoms with Crippen LogP contribution < -0.4 is 14.5 Å². The van der Waals surface area contributed by atoms with E-state index in [0.29, 0.717) is 0 Å². The van der Waals surface area contributed by atoms with E-state index in [1.807, 2.05) is 35.3 Å². The van der Waals surface area contributed by atoms with Crippen LogP contribution in [-0.4, -0.2) is 6.54 Å². The lowest BCUT2D eigenvalue weighted by Gasteiger charge is -2.06. The quantitative estimate of drug-likeness (QED) is 0.108. The Labute approximate surface area is 220 Å². The fraction of sp³-hybridized carbons (Fsp3) is 0.333. The fourth-order valence-corrected chi connectivity index (χ4v) is 5.16. The molecule has 0 bridgehead atoms. The minimum absolute atomic E-state index is 0.861. The zero-order valence-corrected chi connectivity index (χ0v) is 22.5. The van der Waals surface area contributed by atoms with Crippen LogP contribution >= 0.6 is 22.7 Å². The average Bonchev–Trinajstić information content (AvgIpc) is 3.58. The molecule has 1 N–H and O–H groups in total. The highest BCUT2D eigenvalue weighted by molar-refractivity contribution is 7.13. The van der Waals surface area contributed by atoms with Gasteiger partial charge >= 0.3 is 10.3 Å². The van der Waals surface area contributed by atoms with Crippen molar-refractivity contribution in [1.82, 2.24) is 0 Å². The third-order valence-electron chi connectivity index (χ3n) is 5.78. The number of aryl methyl sites for hydroxylation is 3. The Kier molecular flexibility index (Phi) is 9.81. The zero-order chi connectivity index (χ0) is 25.0. The fourth-order valence-electron chi connectivity index (χ4n) is 3.68. The summed E-state index contributed by atoms with van der Waals surface area (Å²) in [7, 11) is 0. The molecule has 0 spiro atoms. The van der Waals surface area contributed by atoms with E-state index in [2.05, 4.69) is 85.2 Å². The number of unbranched alkanes of at least 4 members (excludes halogenated alkanes) is 2. The van der Waals surface area contributed by atoms with Gasteiger partial charge < -0.3 is 5.32 Å². The summed E-state index contributed by atoms with van der Waals surface area (Å²) in [5.41, 5.74) is 4.21. The Morgan fingerprint density at radius 1 is 0.667 bits per heavy atom. The van der Waals surface area contributed by atoms with Crippen LogP contribution in [-0.2, 0) is 19.5 Å². The summed E-state index contributed by atoms with van der Waals surface area (Å²) < 4.78 is 4.17. The first kappa shape index (κ1) is 25.8. The van der Waals surface area contributed by atoms with Crippen molar-refractivity contribution < 1.29 is 9.13 Å². The van der Waals surface area contributed by atoms with Crippen molar-refractivity contribution in [2.45, 2.75) is 52.6 Å². The van der Waals surface area contributed by atoms with Gasteiger partial charge in [-0.05, 0) is 108 Å². The average molecular weight is 520 g/mol. The van der Waals surface area contributed by atoms with E-state index >= 15 is 0 Å². The van der Waals surface area contributed by atoms with Crippen molar-refractivity contribution in [2.24, 2.45) is 20.5 Å². The van der Waals surface area contributed by atoms with Gasteiger partial charge in [0, 0.05) is 23.0 Å². The highest BCUT2D eigenvalue weighted by Crippen LogP contribution is 2.22. The summed E-state index contributed by atoms with van der Waals surface area (Å²) in [6.45, 7) is 6.98. The lowest BCUT2D eigenvalue weighted by Crippen LogP contribution is -2.28. The molecule has 36 heavy (non-hydrogen) atoms. The molecule has 9 heteroatoms. The van der Waals surface area contributed by atoms with E-state index in [4.69, 9.17) is 0 Å². The molecule has 0 radical (unpaired) electrons. The summed E-state index contributed by atoms with van der Waals surface area (Å²) in [6, 6.07) is 16.6. The predicted octanol–water partition coefficient (Wildman–Crippen LogP) is 8.08. The number of thiazole rings is 2.